The van der Waals surface area contributed by atoms with Crippen molar-refractivity contribution < 1.29 is 14.0 Å². The molecule has 5 heteroatoms. The highest BCUT2D eigenvalue weighted by molar-refractivity contribution is 9.10. The van der Waals surface area contributed by atoms with Crippen LogP contribution in [0.4, 0.5) is 15.8 Å². The van der Waals surface area contributed by atoms with Crippen LogP contribution in [-0.2, 0) is 11.3 Å². The summed E-state index contributed by atoms with van der Waals surface area (Å²) >= 11 is 3.43. The Labute approximate surface area is 154 Å². The van der Waals surface area contributed by atoms with Gasteiger partial charge in [-0.1, -0.05) is 28.1 Å². The van der Waals surface area contributed by atoms with Gasteiger partial charge in [0.05, 0.1) is 25.1 Å². The molecular weight excluding hydrogens is 385 g/mol. The third-order valence-electron chi connectivity index (χ3n) is 3.49. The molecule has 3 aromatic carbocycles. The van der Waals surface area contributed by atoms with Crippen LogP contribution >= 0.6 is 15.9 Å². The first-order valence-electron chi connectivity index (χ1n) is 7.61. The Morgan fingerprint density at radius 1 is 0.920 bits per heavy atom. The van der Waals surface area contributed by atoms with Crippen molar-refractivity contribution >= 4 is 27.3 Å². The second-order valence-electron chi connectivity index (χ2n) is 5.33. The van der Waals surface area contributed by atoms with Gasteiger partial charge in [-0.15, -0.1) is 0 Å². The van der Waals surface area contributed by atoms with Gasteiger partial charge in [0.25, 0.3) is 0 Å². The monoisotopic (exact) mass is 400 g/mol. The molecule has 3 rings (SSSR count). The Hall–Kier alpha value is -2.37. The Bertz CT molecular complexity index is 822. The fourth-order valence-corrected chi connectivity index (χ4v) is 2.59. The van der Waals surface area contributed by atoms with Crippen LogP contribution in [0.2, 0.25) is 0 Å². The lowest BCUT2D eigenvalue weighted by Gasteiger charge is -2.25. The number of anilines is 2. The molecule has 0 saturated carbocycles. The fourth-order valence-electron chi connectivity index (χ4n) is 2.32. The molecule has 0 heterocycles. The normalized spacial score (nSPS) is 10.5. The third kappa shape index (κ3) is 4.59. The van der Waals surface area contributed by atoms with E-state index in [4.69, 9.17) is 9.57 Å². The summed E-state index contributed by atoms with van der Waals surface area (Å²) in [6.45, 7) is 0.401. The van der Waals surface area contributed by atoms with Crippen LogP contribution in [0.3, 0.4) is 0 Å². The highest BCUT2D eigenvalue weighted by Gasteiger charge is 2.13. The van der Waals surface area contributed by atoms with Gasteiger partial charge in [-0.25, -0.2) is 4.39 Å². The van der Waals surface area contributed by atoms with Gasteiger partial charge in [-0.05, 0) is 66.2 Å². The first kappa shape index (κ1) is 17.5. The number of ether oxygens (including phenoxy) is 1. The van der Waals surface area contributed by atoms with Gasteiger partial charge in [-0.3, -0.25) is 0 Å². The molecule has 0 N–H and O–H groups in total. The van der Waals surface area contributed by atoms with Crippen LogP contribution in [-0.4, -0.2) is 0 Å². The number of hydrogen-bond acceptors (Lipinski definition) is 3. The molecule has 127 valence electrons. The molecule has 3 aromatic rings. The number of rotatable bonds is 6. The van der Waals surface area contributed by atoms with Crippen LogP contribution in [0, 0.1) is 12.9 Å². The first-order valence-corrected chi connectivity index (χ1v) is 8.40. The molecule has 0 aliphatic carbocycles. The number of halogens is 2. The summed E-state index contributed by atoms with van der Waals surface area (Å²) in [5.74, 6) is 0.222. The number of hydrogen-bond donors (Lipinski definition) is 0. The molecule has 0 spiro atoms. The lowest BCUT2D eigenvalue weighted by atomic mass is 10.2. The van der Waals surface area contributed by atoms with Crippen LogP contribution in [0.5, 0.6) is 5.75 Å². The maximum atomic E-state index is 13.2. The average molecular weight is 401 g/mol. The highest BCUT2D eigenvalue weighted by Crippen LogP contribution is 2.29. The zero-order valence-corrected chi connectivity index (χ0v) is 14.9. The number of nitrogens with zero attached hydrogens (tertiary/aromatic N) is 1. The molecule has 25 heavy (non-hydrogen) atoms. The van der Waals surface area contributed by atoms with Crippen molar-refractivity contribution in [1.82, 2.24) is 0 Å². The zero-order chi connectivity index (χ0) is 17.6. The molecule has 1 radical (unpaired) electrons. The van der Waals surface area contributed by atoms with E-state index < -0.39 is 0 Å². The van der Waals surface area contributed by atoms with Gasteiger partial charge in [0, 0.05) is 4.47 Å². The van der Waals surface area contributed by atoms with E-state index in [-0.39, 0.29) is 5.82 Å². The van der Waals surface area contributed by atoms with Crippen molar-refractivity contribution in [1.29, 1.82) is 0 Å². The van der Waals surface area contributed by atoms with Gasteiger partial charge >= 0.3 is 0 Å². The van der Waals surface area contributed by atoms with E-state index in [2.05, 4.69) is 23.0 Å². The molecule has 0 unspecified atom stereocenters. The third-order valence-corrected chi connectivity index (χ3v) is 4.01. The minimum atomic E-state index is -0.308. The van der Waals surface area contributed by atoms with Crippen molar-refractivity contribution in [2.75, 3.05) is 5.06 Å². The lowest BCUT2D eigenvalue weighted by Crippen LogP contribution is -2.21. The SMILES string of the molecule is [CH2]OCc1cccc(N(Oc2ccc(F)cc2)c2ccc(Br)cc2)c1. The second-order valence-corrected chi connectivity index (χ2v) is 6.25. The van der Waals surface area contributed by atoms with E-state index in [9.17, 15) is 4.39 Å². The minimum Gasteiger partial charge on any atom is -0.375 e. The molecule has 3 nitrogen and oxygen atoms in total. The molecule has 0 atom stereocenters. The summed E-state index contributed by atoms with van der Waals surface area (Å²) in [5.41, 5.74) is 2.62. The van der Waals surface area contributed by atoms with E-state index in [1.165, 1.54) is 12.1 Å². The van der Waals surface area contributed by atoms with Crippen LogP contribution in [0.25, 0.3) is 0 Å². The zero-order valence-electron chi connectivity index (χ0n) is 13.4. The average Bonchev–Trinajstić information content (AvgIpc) is 2.63. The van der Waals surface area contributed by atoms with Gasteiger partial charge in [0.2, 0.25) is 0 Å². The summed E-state index contributed by atoms with van der Waals surface area (Å²) in [7, 11) is 3.41. The minimum absolute atomic E-state index is 0.308. The van der Waals surface area contributed by atoms with Crippen molar-refractivity contribution in [2.45, 2.75) is 6.61 Å². The van der Waals surface area contributed by atoms with Gasteiger partial charge in [0.15, 0.2) is 5.75 Å². The highest BCUT2D eigenvalue weighted by atomic mass is 79.9. The summed E-state index contributed by atoms with van der Waals surface area (Å²) in [6.07, 6.45) is 0. The summed E-state index contributed by atoms with van der Waals surface area (Å²) in [6, 6.07) is 21.4. The Kier molecular flexibility index (Phi) is 5.68. The smallest absolute Gasteiger partial charge is 0.156 e. The quantitative estimate of drug-likeness (QED) is 0.471. The van der Waals surface area contributed by atoms with Crippen molar-refractivity contribution in [3.8, 4) is 5.75 Å². The summed E-state index contributed by atoms with van der Waals surface area (Å²) in [5, 5.41) is 1.69. The fraction of sp³-hybridized carbons (Fsp3) is 0.0500. The second kappa shape index (κ2) is 8.14. The predicted molar refractivity (Wildman–Crippen MR) is 99.9 cm³/mol. The van der Waals surface area contributed by atoms with E-state index in [1.54, 1.807) is 17.2 Å². The largest absolute Gasteiger partial charge is 0.375 e. The van der Waals surface area contributed by atoms with Crippen molar-refractivity contribution in [3.63, 3.8) is 0 Å². The lowest BCUT2D eigenvalue weighted by molar-refractivity contribution is 0.229. The topological polar surface area (TPSA) is 21.7 Å². The van der Waals surface area contributed by atoms with E-state index in [0.717, 1.165) is 21.4 Å². The van der Waals surface area contributed by atoms with Crippen LogP contribution < -0.4 is 9.90 Å². The Morgan fingerprint density at radius 3 is 2.32 bits per heavy atom. The Morgan fingerprint density at radius 2 is 1.64 bits per heavy atom. The first-order chi connectivity index (χ1) is 12.2. The summed E-state index contributed by atoms with van der Waals surface area (Å²) < 4.78 is 19.1. The van der Waals surface area contributed by atoms with Gasteiger partial charge < -0.3 is 9.57 Å². The molecule has 0 bridgehead atoms. The van der Waals surface area contributed by atoms with Crippen LogP contribution in [0.1, 0.15) is 5.56 Å². The molecule has 0 aliphatic rings. The van der Waals surface area contributed by atoms with E-state index in [0.29, 0.717) is 12.4 Å². The molecule has 0 aliphatic heterocycles. The van der Waals surface area contributed by atoms with E-state index >= 15 is 0 Å². The molecule has 0 amide bonds. The molecule has 0 fully saturated rings. The molecule has 0 saturated heterocycles. The Balaban J connectivity index is 1.97. The van der Waals surface area contributed by atoms with Gasteiger partial charge in [-0.2, -0.15) is 5.06 Å². The van der Waals surface area contributed by atoms with Gasteiger partial charge in [0.1, 0.15) is 5.82 Å². The summed E-state index contributed by atoms with van der Waals surface area (Å²) in [4.78, 5) is 6.01. The van der Waals surface area contributed by atoms with Crippen LogP contribution in [0.15, 0.2) is 77.3 Å². The maximum Gasteiger partial charge on any atom is 0.156 e. The predicted octanol–water partition coefficient (Wildman–Crippen LogP) is 6.03. The standard InChI is InChI=1S/C20H16BrFNO2/c1-24-14-15-3-2-4-19(13-15)23(18-9-5-16(21)6-10-18)25-20-11-7-17(22)8-12-20/h2-13H,1,14H2. The van der Waals surface area contributed by atoms with E-state index in [1.807, 2.05) is 48.5 Å². The molecule has 0 aromatic heterocycles. The number of benzene rings is 3. The van der Waals surface area contributed by atoms with Crippen molar-refractivity contribution in [2.24, 2.45) is 0 Å². The molecular formula is C20H16BrFNO2. The maximum absolute atomic E-state index is 13.2. The van der Waals surface area contributed by atoms with Crippen molar-refractivity contribution in [3.05, 3.63) is 95.8 Å².